The summed E-state index contributed by atoms with van der Waals surface area (Å²) in [5.74, 6) is -1.37. The lowest BCUT2D eigenvalue weighted by Gasteiger charge is -2.18. The van der Waals surface area contributed by atoms with Crippen LogP contribution in [-0.2, 0) is 4.79 Å². The molecule has 1 N–H and O–H groups in total. The SMILES string of the molecule is O=C(Nc1ccccc1)C(SC(F)(F)F)SC(F)(F)F. The molecule has 1 rings (SSSR count). The minimum Gasteiger partial charge on any atom is -0.324 e. The van der Waals surface area contributed by atoms with Crippen LogP contribution in [0, 0.1) is 0 Å². The van der Waals surface area contributed by atoms with Gasteiger partial charge in [0.25, 0.3) is 0 Å². The summed E-state index contributed by atoms with van der Waals surface area (Å²) in [4.78, 5) is 11.5. The van der Waals surface area contributed by atoms with Crippen molar-refractivity contribution in [3.8, 4) is 0 Å². The predicted molar refractivity (Wildman–Crippen MR) is 66.2 cm³/mol. The molecule has 0 saturated carbocycles. The number of amides is 1. The Morgan fingerprint density at radius 1 is 0.950 bits per heavy atom. The van der Waals surface area contributed by atoms with E-state index in [9.17, 15) is 31.1 Å². The van der Waals surface area contributed by atoms with Crippen molar-refractivity contribution in [2.75, 3.05) is 5.32 Å². The van der Waals surface area contributed by atoms with E-state index in [0.29, 0.717) is 0 Å². The van der Waals surface area contributed by atoms with Crippen LogP contribution in [0.2, 0.25) is 0 Å². The molecule has 10 heteroatoms. The molecule has 0 spiro atoms. The number of halogens is 6. The van der Waals surface area contributed by atoms with Crippen LogP contribution in [-0.4, -0.2) is 21.5 Å². The largest absolute Gasteiger partial charge is 0.443 e. The van der Waals surface area contributed by atoms with Gasteiger partial charge in [-0.2, -0.15) is 26.3 Å². The van der Waals surface area contributed by atoms with E-state index in [1.807, 2.05) is 5.32 Å². The number of benzene rings is 1. The van der Waals surface area contributed by atoms with Crippen LogP contribution in [0.3, 0.4) is 0 Å². The Balaban J connectivity index is 2.79. The fourth-order valence-electron chi connectivity index (χ4n) is 1.10. The second-order valence-corrected chi connectivity index (χ2v) is 5.95. The minimum absolute atomic E-state index is 0.119. The molecule has 0 saturated heterocycles. The van der Waals surface area contributed by atoms with Gasteiger partial charge in [0.2, 0.25) is 5.91 Å². The molecule has 1 aromatic rings. The Labute approximate surface area is 118 Å². The Morgan fingerprint density at radius 2 is 1.40 bits per heavy atom. The Bertz CT molecular complexity index is 431. The number of alkyl halides is 6. The van der Waals surface area contributed by atoms with Gasteiger partial charge >= 0.3 is 11.0 Å². The van der Waals surface area contributed by atoms with E-state index in [-0.39, 0.29) is 5.69 Å². The molecule has 0 aliphatic heterocycles. The van der Waals surface area contributed by atoms with Crippen LogP contribution in [0.1, 0.15) is 0 Å². The third-order valence-corrected chi connectivity index (χ3v) is 3.70. The van der Waals surface area contributed by atoms with Gasteiger partial charge in [-0.25, -0.2) is 0 Å². The van der Waals surface area contributed by atoms with E-state index >= 15 is 0 Å². The molecule has 0 unspecified atom stereocenters. The third kappa shape index (κ3) is 6.94. The maximum Gasteiger partial charge on any atom is 0.443 e. The highest BCUT2D eigenvalue weighted by atomic mass is 32.2. The fourth-order valence-corrected chi connectivity index (χ4v) is 2.76. The summed E-state index contributed by atoms with van der Waals surface area (Å²) in [7, 11) is 0. The average molecular weight is 335 g/mol. The van der Waals surface area contributed by atoms with Gasteiger partial charge in [0.1, 0.15) is 4.58 Å². The number of anilines is 1. The molecular formula is C10H7F6NOS2. The smallest absolute Gasteiger partial charge is 0.324 e. The van der Waals surface area contributed by atoms with Crippen LogP contribution in [0.15, 0.2) is 30.3 Å². The first-order chi connectivity index (χ1) is 9.07. The van der Waals surface area contributed by atoms with E-state index in [2.05, 4.69) is 0 Å². The number of thioether (sulfide) groups is 2. The van der Waals surface area contributed by atoms with Gasteiger partial charge in [-0.15, -0.1) is 0 Å². The maximum absolute atomic E-state index is 12.2. The topological polar surface area (TPSA) is 29.1 Å². The maximum atomic E-state index is 12.2. The highest BCUT2D eigenvalue weighted by Crippen LogP contribution is 2.45. The summed E-state index contributed by atoms with van der Waals surface area (Å²) in [5.41, 5.74) is -9.78. The van der Waals surface area contributed by atoms with Crippen molar-refractivity contribution in [2.45, 2.75) is 15.6 Å². The number of nitrogens with one attached hydrogen (secondary N) is 1. The summed E-state index contributed by atoms with van der Waals surface area (Å²) in [6.07, 6.45) is 0. The summed E-state index contributed by atoms with van der Waals surface area (Å²) in [6, 6.07) is 7.26. The monoisotopic (exact) mass is 335 g/mol. The van der Waals surface area contributed by atoms with E-state index < -0.39 is 45.0 Å². The predicted octanol–water partition coefficient (Wildman–Crippen LogP) is 4.46. The van der Waals surface area contributed by atoms with Gasteiger partial charge in [0.05, 0.1) is 0 Å². The van der Waals surface area contributed by atoms with Gasteiger partial charge in [-0.1, -0.05) is 18.2 Å². The fraction of sp³-hybridized carbons (Fsp3) is 0.300. The molecule has 0 aliphatic carbocycles. The summed E-state index contributed by atoms with van der Waals surface area (Å²) >= 11 is -2.03. The second-order valence-electron chi connectivity index (χ2n) is 3.31. The number of rotatable bonds is 4. The van der Waals surface area contributed by atoms with Crippen LogP contribution in [0.4, 0.5) is 32.0 Å². The zero-order chi connectivity index (χ0) is 15.4. The van der Waals surface area contributed by atoms with Crippen LogP contribution in [0.25, 0.3) is 0 Å². The van der Waals surface area contributed by atoms with Crippen LogP contribution in [0.5, 0.6) is 0 Å². The first-order valence-corrected chi connectivity index (χ1v) is 6.68. The Morgan fingerprint density at radius 3 is 1.80 bits per heavy atom. The number of carbonyl (C=O) groups excluding carboxylic acids is 1. The molecule has 2 nitrogen and oxygen atoms in total. The molecule has 0 fully saturated rings. The number of carbonyl (C=O) groups is 1. The van der Waals surface area contributed by atoms with E-state index in [4.69, 9.17) is 0 Å². The first-order valence-electron chi connectivity index (χ1n) is 4.92. The highest BCUT2D eigenvalue weighted by Gasteiger charge is 2.43. The standard InChI is InChI=1S/C10H7F6NOS2/c11-9(12,13)19-8(20-10(14,15)16)7(18)17-6-4-2-1-3-5-6/h1-5,8H,(H,17,18). The van der Waals surface area contributed by atoms with Gasteiger partial charge in [-0.05, 0) is 35.7 Å². The molecule has 0 radical (unpaired) electrons. The molecular weight excluding hydrogens is 328 g/mol. The lowest BCUT2D eigenvalue weighted by molar-refractivity contribution is -0.115. The quantitative estimate of drug-likeness (QED) is 0.651. The lowest BCUT2D eigenvalue weighted by atomic mass is 10.3. The van der Waals surface area contributed by atoms with Crippen molar-refractivity contribution in [3.05, 3.63) is 30.3 Å². The average Bonchev–Trinajstić information content (AvgIpc) is 2.25. The van der Waals surface area contributed by atoms with Crippen molar-refractivity contribution in [1.29, 1.82) is 0 Å². The van der Waals surface area contributed by atoms with Gasteiger partial charge in [0.15, 0.2) is 0 Å². The zero-order valence-corrected chi connectivity index (χ0v) is 11.1. The van der Waals surface area contributed by atoms with Gasteiger partial charge < -0.3 is 5.32 Å². The van der Waals surface area contributed by atoms with Crippen molar-refractivity contribution in [3.63, 3.8) is 0 Å². The summed E-state index contributed by atoms with van der Waals surface area (Å²) in [5, 5.41) is 2.01. The molecule has 0 bridgehead atoms. The van der Waals surface area contributed by atoms with E-state index in [0.717, 1.165) is 0 Å². The summed E-state index contributed by atoms with van der Waals surface area (Å²) < 4.78 is 70.7. The van der Waals surface area contributed by atoms with E-state index in [1.54, 1.807) is 6.07 Å². The third-order valence-electron chi connectivity index (χ3n) is 1.74. The normalized spacial score (nSPS) is 12.6. The molecule has 0 aromatic heterocycles. The highest BCUT2D eigenvalue weighted by molar-refractivity contribution is 8.18. The molecule has 0 atom stereocenters. The molecule has 0 heterocycles. The van der Waals surface area contributed by atoms with Crippen molar-refractivity contribution in [2.24, 2.45) is 0 Å². The van der Waals surface area contributed by atoms with Crippen LogP contribution >= 0.6 is 23.5 Å². The van der Waals surface area contributed by atoms with Crippen molar-refractivity contribution < 1.29 is 31.1 Å². The molecule has 20 heavy (non-hydrogen) atoms. The van der Waals surface area contributed by atoms with Crippen molar-refractivity contribution in [1.82, 2.24) is 0 Å². The molecule has 112 valence electrons. The first kappa shape index (κ1) is 17.0. The van der Waals surface area contributed by atoms with Crippen molar-refractivity contribution >= 4 is 35.1 Å². The summed E-state index contributed by atoms with van der Waals surface area (Å²) in [6.45, 7) is 0. The number of hydrogen-bond donors (Lipinski definition) is 1. The van der Waals surface area contributed by atoms with Crippen LogP contribution < -0.4 is 5.32 Å². The number of hydrogen-bond acceptors (Lipinski definition) is 3. The van der Waals surface area contributed by atoms with Gasteiger partial charge in [0, 0.05) is 5.69 Å². The number of para-hydroxylation sites is 1. The molecule has 0 aliphatic rings. The second kappa shape index (κ2) is 6.61. The Hall–Kier alpha value is -1.03. The molecule has 1 aromatic carbocycles. The zero-order valence-electron chi connectivity index (χ0n) is 9.46. The molecule has 1 amide bonds. The minimum atomic E-state index is -4.95. The Kier molecular flexibility index (Phi) is 5.63. The lowest BCUT2D eigenvalue weighted by Crippen LogP contribution is -2.28. The van der Waals surface area contributed by atoms with E-state index in [1.165, 1.54) is 24.3 Å². The van der Waals surface area contributed by atoms with Gasteiger partial charge in [-0.3, -0.25) is 4.79 Å².